The van der Waals surface area contributed by atoms with Gasteiger partial charge in [0.2, 0.25) is 0 Å². The Bertz CT molecular complexity index is 2090. The lowest BCUT2D eigenvalue weighted by atomic mass is 9.83. The highest BCUT2D eigenvalue weighted by Gasteiger charge is 2.32. The number of thiazole rings is 1. The molecule has 7 nitrogen and oxygen atoms in total. The molecule has 0 bridgehead atoms. The number of rotatable bonds is 4. The number of aromatic nitrogens is 1. The van der Waals surface area contributed by atoms with E-state index < -0.39 is 11.0 Å². The standard InChI is InChI=1S/C31H19BrFN3O4S/c32-25-15-20(36(38)39)10-13-23(25)26-14-11-21(40-26)16-27-30(37)35-29(18-5-8-19(33)9-6-18)24-12-7-17-3-1-2-4-22(17)28(24)34-31(35)41-27/h1-6,8-11,13-16,29H,7,12H2/b27-16-/t29-/m1/s1. The summed E-state index contributed by atoms with van der Waals surface area (Å²) < 4.78 is 22.6. The summed E-state index contributed by atoms with van der Waals surface area (Å²) in [6.45, 7) is 0. The fourth-order valence-corrected chi connectivity index (χ4v) is 7.03. The molecule has 202 valence electrons. The van der Waals surface area contributed by atoms with E-state index in [2.05, 4.69) is 28.1 Å². The molecule has 10 heteroatoms. The molecular formula is C31H19BrFN3O4S. The number of aryl methyl sites for hydroxylation is 1. The van der Waals surface area contributed by atoms with Gasteiger partial charge in [-0.25, -0.2) is 9.38 Å². The van der Waals surface area contributed by atoms with Crippen molar-refractivity contribution in [2.45, 2.75) is 18.9 Å². The molecule has 1 aliphatic carbocycles. The Hall–Kier alpha value is -4.41. The second-order valence-electron chi connectivity index (χ2n) is 9.79. The van der Waals surface area contributed by atoms with Gasteiger partial charge in [-0.05, 0) is 75.8 Å². The Kier molecular flexibility index (Phi) is 6.17. The van der Waals surface area contributed by atoms with Crippen molar-refractivity contribution in [3.63, 3.8) is 0 Å². The summed E-state index contributed by atoms with van der Waals surface area (Å²) >= 11 is 4.66. The lowest BCUT2D eigenvalue weighted by Crippen LogP contribution is -2.38. The predicted molar refractivity (Wildman–Crippen MR) is 158 cm³/mol. The lowest BCUT2D eigenvalue weighted by molar-refractivity contribution is -0.384. The normalized spacial score (nSPS) is 16.1. The van der Waals surface area contributed by atoms with Crippen LogP contribution in [-0.4, -0.2) is 9.49 Å². The molecule has 0 spiro atoms. The van der Waals surface area contributed by atoms with Crippen LogP contribution in [0.4, 0.5) is 10.1 Å². The average molecular weight is 628 g/mol. The van der Waals surface area contributed by atoms with Crippen molar-refractivity contribution in [1.82, 2.24) is 4.57 Å². The summed E-state index contributed by atoms with van der Waals surface area (Å²) in [5.74, 6) is 0.627. The predicted octanol–water partition coefficient (Wildman–Crippen LogP) is 6.39. The molecule has 1 atom stereocenters. The van der Waals surface area contributed by atoms with Crippen molar-refractivity contribution in [2.75, 3.05) is 0 Å². The first-order valence-corrected chi connectivity index (χ1v) is 14.4. The van der Waals surface area contributed by atoms with Gasteiger partial charge in [-0.3, -0.25) is 19.5 Å². The van der Waals surface area contributed by atoms with Gasteiger partial charge in [-0.1, -0.05) is 47.7 Å². The zero-order valence-electron chi connectivity index (χ0n) is 21.2. The van der Waals surface area contributed by atoms with Gasteiger partial charge in [0.1, 0.15) is 17.3 Å². The van der Waals surface area contributed by atoms with E-state index in [1.54, 1.807) is 41.0 Å². The first-order chi connectivity index (χ1) is 19.9. The monoisotopic (exact) mass is 627 g/mol. The number of nitro benzene ring substituents is 1. The molecule has 0 unspecified atom stereocenters. The molecule has 0 N–H and O–H groups in total. The number of hydrogen-bond donors (Lipinski definition) is 0. The second-order valence-corrected chi connectivity index (χ2v) is 11.7. The summed E-state index contributed by atoms with van der Waals surface area (Å²) in [5.41, 5.74) is 5.42. The molecule has 0 fully saturated rings. The first kappa shape index (κ1) is 25.6. The SMILES string of the molecule is O=c1/c(=C/c2ccc(-c3ccc([N+](=O)[O-])cc3Br)o2)sc2n1[C@H](c1ccc(F)cc1)C1=C(N=2)c2ccccc2CC1. The highest BCUT2D eigenvalue weighted by Crippen LogP contribution is 2.41. The minimum atomic E-state index is -0.461. The van der Waals surface area contributed by atoms with Crippen LogP contribution in [0, 0.1) is 15.9 Å². The molecule has 0 saturated carbocycles. The molecule has 3 heterocycles. The van der Waals surface area contributed by atoms with E-state index in [0.717, 1.165) is 35.2 Å². The molecule has 7 rings (SSSR count). The van der Waals surface area contributed by atoms with Gasteiger partial charge in [-0.15, -0.1) is 0 Å². The van der Waals surface area contributed by atoms with Gasteiger partial charge in [0.05, 0.1) is 21.2 Å². The fourth-order valence-electron chi connectivity index (χ4n) is 5.49. The van der Waals surface area contributed by atoms with Gasteiger partial charge < -0.3 is 4.42 Å². The van der Waals surface area contributed by atoms with Gasteiger partial charge in [-0.2, -0.15) is 0 Å². The summed E-state index contributed by atoms with van der Waals surface area (Å²) in [6.07, 6.45) is 3.26. The highest BCUT2D eigenvalue weighted by molar-refractivity contribution is 9.10. The number of nitro groups is 1. The molecule has 1 aliphatic heterocycles. The second kappa shape index (κ2) is 9.90. The number of fused-ring (bicyclic) bond motifs is 3. The number of benzene rings is 3. The maximum atomic E-state index is 13.9. The van der Waals surface area contributed by atoms with Crippen molar-refractivity contribution in [1.29, 1.82) is 0 Å². The third kappa shape index (κ3) is 4.39. The number of furan rings is 1. The summed E-state index contributed by atoms with van der Waals surface area (Å²) in [4.78, 5) is 30.1. The van der Waals surface area contributed by atoms with Crippen molar-refractivity contribution in [3.8, 4) is 11.3 Å². The quantitative estimate of drug-likeness (QED) is 0.171. The zero-order chi connectivity index (χ0) is 28.2. The third-order valence-corrected chi connectivity index (χ3v) is 9.03. The van der Waals surface area contributed by atoms with Gasteiger partial charge in [0.25, 0.3) is 11.2 Å². The Labute approximate surface area is 244 Å². The Morgan fingerprint density at radius 2 is 1.85 bits per heavy atom. The first-order valence-electron chi connectivity index (χ1n) is 12.8. The summed E-state index contributed by atoms with van der Waals surface area (Å²) in [7, 11) is 0. The minimum absolute atomic E-state index is 0.0328. The Morgan fingerprint density at radius 1 is 1.05 bits per heavy atom. The van der Waals surface area contributed by atoms with Gasteiger partial charge in [0, 0.05) is 33.8 Å². The smallest absolute Gasteiger partial charge is 0.271 e. The molecule has 2 aromatic heterocycles. The van der Waals surface area contributed by atoms with Crippen molar-refractivity contribution in [3.05, 3.63) is 147 Å². The molecule has 5 aromatic rings. The third-order valence-electron chi connectivity index (χ3n) is 7.39. The molecular weight excluding hydrogens is 609 g/mol. The van der Waals surface area contributed by atoms with Crippen LogP contribution in [0.5, 0.6) is 0 Å². The lowest BCUT2D eigenvalue weighted by Gasteiger charge is -2.30. The van der Waals surface area contributed by atoms with Crippen LogP contribution in [0.25, 0.3) is 23.1 Å². The van der Waals surface area contributed by atoms with E-state index >= 15 is 0 Å². The number of nitrogens with zero attached hydrogens (tertiary/aromatic N) is 3. The van der Waals surface area contributed by atoms with Crippen LogP contribution in [0.2, 0.25) is 0 Å². The summed E-state index contributed by atoms with van der Waals surface area (Å²) in [6, 6.07) is 22.0. The van der Waals surface area contributed by atoms with Crippen LogP contribution in [0.1, 0.15) is 34.9 Å². The van der Waals surface area contributed by atoms with Crippen LogP contribution in [0.3, 0.4) is 0 Å². The van der Waals surface area contributed by atoms with E-state index in [1.807, 2.05) is 12.1 Å². The molecule has 2 aliphatic rings. The van der Waals surface area contributed by atoms with Crippen LogP contribution in [-0.2, 0) is 6.42 Å². The average Bonchev–Trinajstić information content (AvgIpc) is 3.56. The van der Waals surface area contributed by atoms with Crippen LogP contribution >= 0.6 is 27.3 Å². The molecule has 0 saturated heterocycles. The van der Waals surface area contributed by atoms with Crippen LogP contribution < -0.4 is 14.9 Å². The van der Waals surface area contributed by atoms with Gasteiger partial charge in [0.15, 0.2) is 4.80 Å². The molecule has 0 amide bonds. The number of halogens is 2. The van der Waals surface area contributed by atoms with E-state index in [4.69, 9.17) is 9.41 Å². The van der Waals surface area contributed by atoms with Crippen molar-refractivity contribution in [2.24, 2.45) is 4.99 Å². The highest BCUT2D eigenvalue weighted by atomic mass is 79.9. The van der Waals surface area contributed by atoms with E-state index in [9.17, 15) is 19.3 Å². The van der Waals surface area contributed by atoms with Crippen molar-refractivity contribution < 1.29 is 13.7 Å². The van der Waals surface area contributed by atoms with E-state index in [0.29, 0.717) is 30.9 Å². The number of allylic oxidation sites excluding steroid dienone is 1. The molecule has 41 heavy (non-hydrogen) atoms. The fraction of sp³-hybridized carbons (Fsp3) is 0.0968. The Balaban J connectivity index is 1.36. The zero-order valence-corrected chi connectivity index (χ0v) is 23.6. The topological polar surface area (TPSA) is 90.6 Å². The minimum Gasteiger partial charge on any atom is -0.457 e. The van der Waals surface area contributed by atoms with E-state index in [-0.39, 0.29) is 17.1 Å². The maximum absolute atomic E-state index is 13.9. The molecule has 3 aromatic carbocycles. The maximum Gasteiger partial charge on any atom is 0.271 e. The Morgan fingerprint density at radius 3 is 2.63 bits per heavy atom. The number of hydrogen-bond acceptors (Lipinski definition) is 6. The van der Waals surface area contributed by atoms with E-state index in [1.165, 1.54) is 41.2 Å². The van der Waals surface area contributed by atoms with Crippen LogP contribution in [0.15, 0.2) is 103 Å². The van der Waals surface area contributed by atoms with Crippen molar-refractivity contribution >= 4 is 44.7 Å². The summed E-state index contributed by atoms with van der Waals surface area (Å²) in [5, 5.41) is 11.1. The number of non-ortho nitro benzene ring substituents is 1. The van der Waals surface area contributed by atoms with Gasteiger partial charge >= 0.3 is 0 Å². The molecule has 0 radical (unpaired) electrons. The largest absolute Gasteiger partial charge is 0.457 e.